The normalized spacial score (nSPS) is 48.7. The highest BCUT2D eigenvalue weighted by Crippen LogP contribution is 2.69. The van der Waals surface area contributed by atoms with E-state index >= 15 is 0 Å². The first kappa shape index (κ1) is 25.3. The molecule has 4 nitrogen and oxygen atoms in total. The van der Waals surface area contributed by atoms with E-state index in [-0.39, 0.29) is 21.8 Å². The Hall–Kier alpha value is 0.0569. The van der Waals surface area contributed by atoms with Crippen molar-refractivity contribution in [2.45, 2.75) is 123 Å². The third-order valence-corrected chi connectivity index (χ3v) is 17.1. The molecule has 1 N–H and O–H groups in total. The first-order valence-electron chi connectivity index (χ1n) is 15.2. The molecule has 4 saturated carbocycles. The highest BCUT2D eigenvalue weighted by molar-refractivity contribution is 6.74. The number of hydrogen-bond acceptors (Lipinski definition) is 4. The van der Waals surface area contributed by atoms with Crippen molar-refractivity contribution in [1.82, 2.24) is 0 Å². The second-order valence-electron chi connectivity index (χ2n) is 15.2. The third-order valence-electron chi connectivity index (χ3n) is 12.6. The van der Waals surface area contributed by atoms with Crippen LogP contribution < -0.4 is 0 Å². The van der Waals surface area contributed by atoms with Crippen LogP contribution in [0.15, 0.2) is 0 Å². The molecule has 0 radical (unpaired) electrons. The van der Waals surface area contributed by atoms with Gasteiger partial charge in [-0.2, -0.15) is 0 Å². The monoisotopic (exact) mass is 507 g/mol. The van der Waals surface area contributed by atoms with Gasteiger partial charge in [0.25, 0.3) is 0 Å². The van der Waals surface area contributed by atoms with Crippen LogP contribution in [-0.2, 0) is 13.9 Å². The van der Waals surface area contributed by atoms with Gasteiger partial charge in [0.2, 0.25) is 0 Å². The Morgan fingerprint density at radius 2 is 1.69 bits per heavy atom. The highest BCUT2D eigenvalue weighted by Gasteiger charge is 2.64. The van der Waals surface area contributed by atoms with Crippen LogP contribution in [0.3, 0.4) is 0 Å². The maximum Gasteiger partial charge on any atom is 0.191 e. The van der Waals surface area contributed by atoms with Crippen molar-refractivity contribution < 1.29 is 20.4 Å². The highest BCUT2D eigenvalue weighted by atomic mass is 28.4. The van der Waals surface area contributed by atoms with E-state index in [2.05, 4.69) is 54.6 Å². The topological polar surface area (TPSA) is 47.9 Å². The van der Waals surface area contributed by atoms with E-state index < -0.39 is 20.2 Å². The summed E-state index contributed by atoms with van der Waals surface area (Å²) < 4.78 is 28.2. The number of aliphatic hydroxyl groups is 1. The molecule has 35 heavy (non-hydrogen) atoms. The lowest BCUT2D eigenvalue weighted by Gasteiger charge is -2.63. The summed E-state index contributed by atoms with van der Waals surface area (Å²) in [5.41, 5.74) is 0.373. The molecule has 0 aromatic heterocycles. The second-order valence-corrected chi connectivity index (χ2v) is 20.0. The quantitative estimate of drug-likeness (QED) is 0.416. The molecule has 0 bridgehead atoms. The average Bonchev–Trinajstić information content (AvgIpc) is 3.36. The summed E-state index contributed by atoms with van der Waals surface area (Å²) in [5, 5.41) is 12.0. The summed E-state index contributed by atoms with van der Waals surface area (Å²) in [4.78, 5) is 0. The van der Waals surface area contributed by atoms with Crippen LogP contribution in [0.25, 0.3) is 0 Å². The Morgan fingerprint density at radius 3 is 2.34 bits per heavy atom. The van der Waals surface area contributed by atoms with Gasteiger partial charge in [-0.05, 0) is 103 Å². The standard InChI is InChI=1S/C30H54O4Si/c1-20(19-34-35(7,8)27(2,3)4)22-9-10-23-26-24(11-12-29(22,23)6)28(5)13-14-30(32-15-16-33-30)18-21(28)17-25(26)31/h20-26,31H,9-19H2,1-8H3/t20-,21+,22-,23?,24?,25?,26?,28+,29-/m1/s1/i25D. The van der Waals surface area contributed by atoms with Crippen LogP contribution in [0.2, 0.25) is 18.1 Å². The lowest BCUT2D eigenvalue weighted by Crippen LogP contribution is -2.60. The molecule has 9 atom stereocenters. The van der Waals surface area contributed by atoms with Gasteiger partial charge in [-0.3, -0.25) is 0 Å². The van der Waals surface area contributed by atoms with Gasteiger partial charge >= 0.3 is 0 Å². The molecule has 4 aliphatic carbocycles. The lowest BCUT2D eigenvalue weighted by molar-refractivity contribution is -0.243. The van der Waals surface area contributed by atoms with Crippen LogP contribution >= 0.6 is 0 Å². The summed E-state index contributed by atoms with van der Waals surface area (Å²) >= 11 is 0. The van der Waals surface area contributed by atoms with E-state index in [0.29, 0.717) is 49.2 Å². The first-order valence-corrected chi connectivity index (χ1v) is 17.6. The molecule has 1 heterocycles. The molecule has 0 aromatic carbocycles. The van der Waals surface area contributed by atoms with E-state index in [4.69, 9.17) is 13.9 Å². The van der Waals surface area contributed by atoms with Crippen LogP contribution in [0, 0.1) is 46.3 Å². The minimum Gasteiger partial charge on any atom is -0.417 e. The average molecular weight is 508 g/mol. The van der Waals surface area contributed by atoms with Crippen molar-refractivity contribution in [1.29, 1.82) is 0 Å². The minimum atomic E-state index is -1.77. The zero-order valence-corrected chi connectivity index (χ0v) is 24.9. The van der Waals surface area contributed by atoms with Crippen LogP contribution in [-0.4, -0.2) is 45.1 Å². The lowest BCUT2D eigenvalue weighted by atomic mass is 9.43. The number of ether oxygens (including phenoxy) is 2. The molecular weight excluding hydrogens is 452 g/mol. The SMILES string of the molecule is [2H]C1(O)C[C@H]2CC3(CC[C@]2(C)C2CC[C@@]4(C)C(CC[C@@H]4[C@H](C)CO[Si](C)(C)C(C)(C)C)C21)OCCO3. The van der Waals surface area contributed by atoms with Gasteiger partial charge in [0.05, 0.1) is 20.7 Å². The molecule has 5 rings (SSSR count). The number of fused-ring (bicyclic) bond motifs is 5. The smallest absolute Gasteiger partial charge is 0.191 e. The maximum atomic E-state index is 11.8. The Kier molecular flexibility index (Phi) is 6.37. The van der Waals surface area contributed by atoms with E-state index in [9.17, 15) is 6.48 Å². The molecule has 5 aliphatic rings. The summed E-state index contributed by atoms with van der Waals surface area (Å²) in [6.07, 6.45) is 6.87. The van der Waals surface area contributed by atoms with Gasteiger partial charge in [-0.15, -0.1) is 0 Å². The summed E-state index contributed by atoms with van der Waals surface area (Å²) in [6, 6.07) is 0. The fourth-order valence-electron chi connectivity index (χ4n) is 9.31. The van der Waals surface area contributed by atoms with E-state index in [0.717, 1.165) is 38.7 Å². The second kappa shape index (κ2) is 8.79. The maximum absolute atomic E-state index is 11.8. The molecule has 5 fully saturated rings. The molecule has 1 spiro atoms. The molecule has 5 heteroatoms. The Labute approximate surface area is 217 Å². The number of hydrogen-bond donors (Lipinski definition) is 1. The molecule has 1 aliphatic heterocycles. The molecule has 0 amide bonds. The molecule has 1 saturated heterocycles. The molecular formula is C30H54O4Si. The minimum absolute atomic E-state index is 0.0791. The van der Waals surface area contributed by atoms with Gasteiger partial charge in [0.1, 0.15) is 0 Å². The van der Waals surface area contributed by atoms with Crippen molar-refractivity contribution >= 4 is 8.32 Å². The predicted molar refractivity (Wildman–Crippen MR) is 144 cm³/mol. The van der Waals surface area contributed by atoms with Crippen molar-refractivity contribution in [3.63, 3.8) is 0 Å². The molecule has 0 aromatic rings. The molecule has 202 valence electrons. The summed E-state index contributed by atoms with van der Waals surface area (Å²) in [7, 11) is -1.77. The van der Waals surface area contributed by atoms with Crippen LogP contribution in [0.4, 0.5) is 0 Å². The summed E-state index contributed by atoms with van der Waals surface area (Å²) in [5.74, 6) is 1.92. The largest absolute Gasteiger partial charge is 0.417 e. The zero-order chi connectivity index (χ0) is 26.4. The van der Waals surface area contributed by atoms with E-state index in [1.807, 2.05) is 0 Å². The van der Waals surface area contributed by atoms with Crippen molar-refractivity contribution in [3.05, 3.63) is 0 Å². The van der Waals surface area contributed by atoms with E-state index in [1.165, 1.54) is 12.8 Å². The van der Waals surface area contributed by atoms with Gasteiger partial charge in [-0.25, -0.2) is 0 Å². The first-order chi connectivity index (χ1) is 16.5. The zero-order valence-electron chi connectivity index (χ0n) is 24.9. The van der Waals surface area contributed by atoms with Crippen molar-refractivity contribution in [2.24, 2.45) is 46.3 Å². The van der Waals surface area contributed by atoms with Gasteiger partial charge in [0.15, 0.2) is 14.1 Å². The molecule has 4 unspecified atom stereocenters. The van der Waals surface area contributed by atoms with Crippen LogP contribution in [0.5, 0.6) is 0 Å². The Bertz CT molecular complexity index is 833. The Morgan fingerprint density at radius 1 is 1.03 bits per heavy atom. The van der Waals surface area contributed by atoms with Gasteiger partial charge < -0.3 is 19.0 Å². The summed E-state index contributed by atoms with van der Waals surface area (Å²) in [6.45, 7) is 21.3. The van der Waals surface area contributed by atoms with Crippen molar-refractivity contribution in [2.75, 3.05) is 19.8 Å². The van der Waals surface area contributed by atoms with Gasteiger partial charge in [0, 0.05) is 19.4 Å². The Balaban J connectivity index is 1.34. The number of rotatable bonds is 4. The van der Waals surface area contributed by atoms with Crippen LogP contribution in [0.1, 0.15) is 94.3 Å². The fourth-order valence-corrected chi connectivity index (χ4v) is 10.4. The van der Waals surface area contributed by atoms with Crippen molar-refractivity contribution in [3.8, 4) is 0 Å². The van der Waals surface area contributed by atoms with E-state index in [1.54, 1.807) is 0 Å². The fraction of sp³-hybridized carbons (Fsp3) is 1.00. The third kappa shape index (κ3) is 4.22. The predicted octanol–water partition coefficient (Wildman–Crippen LogP) is 7.02. The van der Waals surface area contributed by atoms with Gasteiger partial charge in [-0.1, -0.05) is 41.5 Å².